The maximum Gasteiger partial charge on any atom is 0.176 e. The van der Waals surface area contributed by atoms with E-state index in [-0.39, 0.29) is 0 Å². The zero-order chi connectivity index (χ0) is 11.2. The summed E-state index contributed by atoms with van der Waals surface area (Å²) in [5.41, 5.74) is 0. The fraction of sp³-hybridized carbons (Fsp3) is 0.267. The molecule has 0 fully saturated rings. The first-order valence-electron chi connectivity index (χ1n) is 5.93. The van der Waals surface area contributed by atoms with Gasteiger partial charge in [0, 0.05) is 11.5 Å². The molecular weight excluding hydrogens is 194 g/mol. The predicted octanol–water partition coefficient (Wildman–Crippen LogP) is 3.48. The van der Waals surface area contributed by atoms with Gasteiger partial charge in [-0.3, -0.25) is 0 Å². The largest absolute Gasteiger partial charge is 0.201 e. The summed E-state index contributed by atoms with van der Waals surface area (Å²) in [4.78, 5) is 0. The minimum atomic E-state index is 0.963. The molecule has 1 heteroatoms. The Morgan fingerprint density at radius 3 is 2.69 bits per heavy atom. The third-order valence-electron chi connectivity index (χ3n) is 2.68. The topological polar surface area (TPSA) is 3.88 Å². The van der Waals surface area contributed by atoms with Crippen LogP contribution >= 0.6 is 0 Å². The lowest BCUT2D eigenvalue weighted by molar-refractivity contribution is -0.685. The number of unbranched alkanes of at least 4 members (excludes halogenated alkanes) is 1. The van der Waals surface area contributed by atoms with Gasteiger partial charge in [-0.05, 0) is 23.9 Å². The van der Waals surface area contributed by atoms with Crippen LogP contribution in [0.5, 0.6) is 0 Å². The van der Waals surface area contributed by atoms with Gasteiger partial charge in [-0.2, -0.15) is 0 Å². The van der Waals surface area contributed by atoms with Crippen LogP contribution in [0.4, 0.5) is 0 Å². The zero-order valence-electron chi connectivity index (χ0n) is 9.76. The number of fused-ring (bicyclic) bond motifs is 1. The van der Waals surface area contributed by atoms with Gasteiger partial charge in [-0.25, -0.2) is 4.57 Å². The Balaban J connectivity index is 2.13. The first kappa shape index (κ1) is 10.9. The summed E-state index contributed by atoms with van der Waals surface area (Å²) < 4.78 is 2.22. The summed E-state index contributed by atoms with van der Waals surface area (Å²) >= 11 is 0. The van der Waals surface area contributed by atoms with Crippen LogP contribution < -0.4 is 4.57 Å². The average Bonchev–Trinajstić information content (AvgIpc) is 2.34. The second-order valence-electron chi connectivity index (χ2n) is 4.03. The molecule has 0 amide bonds. The molecule has 0 aliphatic heterocycles. The summed E-state index contributed by atoms with van der Waals surface area (Å²) in [5.74, 6) is 0. The first-order valence-corrected chi connectivity index (χ1v) is 5.93. The molecular formula is C15H18N+. The van der Waals surface area contributed by atoms with Crippen molar-refractivity contribution >= 4 is 10.8 Å². The lowest BCUT2D eigenvalue weighted by Crippen LogP contribution is -2.31. The average molecular weight is 212 g/mol. The van der Waals surface area contributed by atoms with Crippen molar-refractivity contribution in [2.45, 2.75) is 26.3 Å². The van der Waals surface area contributed by atoms with Crippen LogP contribution in [0.25, 0.3) is 10.8 Å². The van der Waals surface area contributed by atoms with E-state index in [1.54, 1.807) is 0 Å². The van der Waals surface area contributed by atoms with Crippen molar-refractivity contribution in [3.63, 3.8) is 0 Å². The molecule has 0 unspecified atom stereocenters. The summed E-state index contributed by atoms with van der Waals surface area (Å²) in [7, 11) is 0. The first-order chi connectivity index (χ1) is 7.90. The molecule has 16 heavy (non-hydrogen) atoms. The maximum absolute atomic E-state index is 2.25. The normalized spacial score (nSPS) is 11.3. The quantitative estimate of drug-likeness (QED) is 0.539. The number of pyridine rings is 1. The van der Waals surface area contributed by atoms with Gasteiger partial charge in [0.2, 0.25) is 0 Å². The predicted molar refractivity (Wildman–Crippen MR) is 68.2 cm³/mol. The highest BCUT2D eigenvalue weighted by Gasteiger charge is 1.99. The van der Waals surface area contributed by atoms with Crippen LogP contribution in [-0.2, 0) is 6.54 Å². The number of hydrogen-bond donors (Lipinski definition) is 0. The molecule has 0 saturated heterocycles. The number of aromatic nitrogens is 1. The van der Waals surface area contributed by atoms with Gasteiger partial charge in [0.25, 0.3) is 0 Å². The minimum Gasteiger partial charge on any atom is -0.201 e. The van der Waals surface area contributed by atoms with E-state index >= 15 is 0 Å². The van der Waals surface area contributed by atoms with Crippen LogP contribution in [-0.4, -0.2) is 0 Å². The van der Waals surface area contributed by atoms with Crippen LogP contribution in [0.2, 0.25) is 0 Å². The number of benzene rings is 1. The van der Waals surface area contributed by atoms with Crippen molar-refractivity contribution in [2.75, 3.05) is 0 Å². The minimum absolute atomic E-state index is 0.963. The SMILES string of the molecule is CCC/C=C/C[n+]1ccc2ccccc2c1. The Morgan fingerprint density at radius 2 is 1.88 bits per heavy atom. The summed E-state index contributed by atoms with van der Waals surface area (Å²) in [6.07, 6.45) is 11.2. The molecule has 0 N–H and O–H groups in total. The van der Waals surface area contributed by atoms with E-state index in [2.05, 4.69) is 66.4 Å². The van der Waals surface area contributed by atoms with E-state index in [1.807, 2.05) is 0 Å². The standard InChI is InChI=1S/C15H18N/c1-2-3-4-7-11-16-12-10-14-8-5-6-9-15(14)13-16/h4-10,12-13H,2-3,11H2,1H3/q+1/b7-4+. The van der Waals surface area contributed by atoms with Gasteiger partial charge in [-0.1, -0.05) is 37.6 Å². The lowest BCUT2D eigenvalue weighted by Gasteiger charge is -1.96. The maximum atomic E-state index is 2.25. The summed E-state index contributed by atoms with van der Waals surface area (Å²) in [6.45, 7) is 3.17. The van der Waals surface area contributed by atoms with Crippen LogP contribution in [0, 0.1) is 0 Å². The van der Waals surface area contributed by atoms with Crippen LogP contribution in [0.15, 0.2) is 54.9 Å². The molecule has 0 aliphatic carbocycles. The van der Waals surface area contributed by atoms with Crippen molar-refractivity contribution in [3.8, 4) is 0 Å². The molecule has 1 nitrogen and oxygen atoms in total. The van der Waals surface area contributed by atoms with E-state index in [0.29, 0.717) is 0 Å². The Bertz CT molecular complexity index is 486. The number of allylic oxidation sites excluding steroid dienone is 2. The van der Waals surface area contributed by atoms with Gasteiger partial charge in [0.15, 0.2) is 18.9 Å². The van der Waals surface area contributed by atoms with Gasteiger partial charge < -0.3 is 0 Å². The second-order valence-corrected chi connectivity index (χ2v) is 4.03. The van der Waals surface area contributed by atoms with Crippen molar-refractivity contribution in [1.29, 1.82) is 0 Å². The van der Waals surface area contributed by atoms with Gasteiger partial charge in [-0.15, -0.1) is 0 Å². The van der Waals surface area contributed by atoms with E-state index in [4.69, 9.17) is 0 Å². The van der Waals surface area contributed by atoms with E-state index in [9.17, 15) is 0 Å². The highest BCUT2D eigenvalue weighted by atomic mass is 14.9. The van der Waals surface area contributed by atoms with Crippen LogP contribution in [0.1, 0.15) is 19.8 Å². The van der Waals surface area contributed by atoms with E-state index in [0.717, 1.165) is 6.54 Å². The molecule has 0 saturated carbocycles. The van der Waals surface area contributed by atoms with Gasteiger partial charge >= 0.3 is 0 Å². The highest BCUT2D eigenvalue weighted by molar-refractivity contribution is 5.80. The molecule has 82 valence electrons. The number of nitrogens with zero attached hydrogens (tertiary/aromatic N) is 1. The van der Waals surface area contributed by atoms with Gasteiger partial charge in [0.1, 0.15) is 0 Å². The Labute approximate surface area is 97.0 Å². The van der Waals surface area contributed by atoms with Crippen LogP contribution in [0.3, 0.4) is 0 Å². The number of rotatable bonds is 4. The molecule has 0 atom stereocenters. The molecule has 1 aromatic carbocycles. The monoisotopic (exact) mass is 212 g/mol. The zero-order valence-corrected chi connectivity index (χ0v) is 9.76. The van der Waals surface area contributed by atoms with Crippen molar-refractivity contribution in [3.05, 3.63) is 54.9 Å². The fourth-order valence-corrected chi connectivity index (χ4v) is 1.77. The Kier molecular flexibility index (Phi) is 3.71. The lowest BCUT2D eigenvalue weighted by atomic mass is 10.2. The fourth-order valence-electron chi connectivity index (χ4n) is 1.77. The molecule has 1 heterocycles. The molecule has 0 spiro atoms. The third-order valence-corrected chi connectivity index (χ3v) is 2.68. The van der Waals surface area contributed by atoms with E-state index < -0.39 is 0 Å². The second kappa shape index (κ2) is 5.45. The molecule has 2 rings (SSSR count). The molecule has 0 aliphatic rings. The van der Waals surface area contributed by atoms with Crippen molar-refractivity contribution < 1.29 is 4.57 Å². The summed E-state index contributed by atoms with van der Waals surface area (Å²) in [5, 5.41) is 2.60. The smallest absolute Gasteiger partial charge is 0.176 e. The Morgan fingerprint density at radius 1 is 1.06 bits per heavy atom. The molecule has 2 aromatic rings. The molecule has 0 bridgehead atoms. The van der Waals surface area contributed by atoms with Crippen molar-refractivity contribution in [1.82, 2.24) is 0 Å². The highest BCUT2D eigenvalue weighted by Crippen LogP contribution is 2.09. The molecule has 0 radical (unpaired) electrons. The van der Waals surface area contributed by atoms with Gasteiger partial charge in [0.05, 0.1) is 0 Å². The summed E-state index contributed by atoms with van der Waals surface area (Å²) in [6, 6.07) is 10.6. The van der Waals surface area contributed by atoms with E-state index in [1.165, 1.54) is 23.6 Å². The van der Waals surface area contributed by atoms with Crippen molar-refractivity contribution in [2.24, 2.45) is 0 Å². The number of hydrogen-bond acceptors (Lipinski definition) is 0. The third kappa shape index (κ3) is 2.69. The molecule has 1 aromatic heterocycles. The Hall–Kier alpha value is -1.63.